The molecule has 5 atom stereocenters. The number of ether oxygens (including phenoxy) is 2. The molecule has 1 aliphatic heterocycles. The van der Waals surface area contributed by atoms with Crippen molar-refractivity contribution in [2.24, 2.45) is 0 Å². The molecule has 0 aliphatic carbocycles. The summed E-state index contributed by atoms with van der Waals surface area (Å²) in [6.07, 6.45) is -2.34. The second-order valence-electron chi connectivity index (χ2n) is 14.5. The van der Waals surface area contributed by atoms with Crippen molar-refractivity contribution in [1.82, 2.24) is 0 Å². The van der Waals surface area contributed by atoms with Gasteiger partial charge in [-0.3, -0.25) is 0 Å². The van der Waals surface area contributed by atoms with E-state index in [4.69, 9.17) is 22.8 Å². The Morgan fingerprint density at radius 2 is 1.09 bits per heavy atom. The van der Waals surface area contributed by atoms with Crippen LogP contribution in [0.5, 0.6) is 0 Å². The van der Waals surface area contributed by atoms with E-state index in [1.807, 2.05) is 0 Å². The minimum atomic E-state index is -2.20. The van der Waals surface area contributed by atoms with Crippen molar-refractivity contribution < 1.29 is 27.9 Å². The molecule has 0 radical (unpaired) electrons. The van der Waals surface area contributed by atoms with E-state index >= 15 is 0 Å². The van der Waals surface area contributed by atoms with Gasteiger partial charge < -0.3 is 27.9 Å². The predicted molar refractivity (Wildman–Crippen MR) is 149 cm³/mol. The van der Waals surface area contributed by atoms with Crippen LogP contribution < -0.4 is 0 Å². The zero-order valence-electron chi connectivity index (χ0n) is 25.1. The standard InChI is InChI=1S/C25H56O6Si3/c1-23(2,3)32(11,12)29-18(17-26)19-20(30-33(13,14)24(4,5)6)21(22(27-10)28-19)31-34(15,16)25(7,8)9/h18-22,26H,17H2,1-16H3/t18-,19+,20+,21-,22-/m1/s1. The number of rotatable bonds is 9. The van der Waals surface area contributed by atoms with Crippen LogP contribution in [0, 0.1) is 0 Å². The lowest BCUT2D eigenvalue weighted by Gasteiger charge is -2.45. The molecule has 1 saturated heterocycles. The van der Waals surface area contributed by atoms with Gasteiger partial charge in [-0.2, -0.15) is 0 Å². The van der Waals surface area contributed by atoms with Crippen molar-refractivity contribution in [3.05, 3.63) is 0 Å². The quantitative estimate of drug-likeness (QED) is 0.338. The number of hydrogen-bond acceptors (Lipinski definition) is 6. The summed E-state index contributed by atoms with van der Waals surface area (Å²) in [5.74, 6) is 0. The Bertz CT molecular complexity index is 661. The summed E-state index contributed by atoms with van der Waals surface area (Å²) in [4.78, 5) is 0. The Hall–Kier alpha value is 0.411. The van der Waals surface area contributed by atoms with Crippen LogP contribution in [0.1, 0.15) is 62.3 Å². The van der Waals surface area contributed by atoms with Crippen molar-refractivity contribution in [1.29, 1.82) is 0 Å². The van der Waals surface area contributed by atoms with Crippen molar-refractivity contribution in [3.8, 4) is 0 Å². The summed E-state index contributed by atoms with van der Waals surface area (Å²) in [7, 11) is -4.87. The van der Waals surface area contributed by atoms with Gasteiger partial charge >= 0.3 is 0 Å². The highest BCUT2D eigenvalue weighted by atomic mass is 28.4. The van der Waals surface area contributed by atoms with Crippen molar-refractivity contribution >= 4 is 25.0 Å². The first kappa shape index (κ1) is 32.4. The fraction of sp³-hybridized carbons (Fsp3) is 1.00. The van der Waals surface area contributed by atoms with E-state index in [-0.39, 0.29) is 33.9 Å². The summed E-state index contributed by atoms with van der Waals surface area (Å²) < 4.78 is 32.9. The van der Waals surface area contributed by atoms with E-state index in [2.05, 4.69) is 102 Å². The minimum Gasteiger partial charge on any atom is -0.409 e. The largest absolute Gasteiger partial charge is 0.409 e. The van der Waals surface area contributed by atoms with Gasteiger partial charge in [0.15, 0.2) is 31.2 Å². The summed E-state index contributed by atoms with van der Waals surface area (Å²) in [6.45, 7) is 33.2. The molecule has 0 saturated carbocycles. The maximum absolute atomic E-state index is 10.5. The predicted octanol–water partition coefficient (Wildman–Crippen LogP) is 6.52. The van der Waals surface area contributed by atoms with E-state index in [9.17, 15) is 5.11 Å². The molecular weight excluding hydrogens is 481 g/mol. The van der Waals surface area contributed by atoms with Crippen LogP contribution in [0.3, 0.4) is 0 Å². The maximum atomic E-state index is 10.5. The monoisotopic (exact) mass is 536 g/mol. The van der Waals surface area contributed by atoms with E-state index in [1.54, 1.807) is 7.11 Å². The van der Waals surface area contributed by atoms with Crippen LogP contribution in [0.25, 0.3) is 0 Å². The molecule has 0 aromatic carbocycles. The highest BCUT2D eigenvalue weighted by molar-refractivity contribution is 6.75. The highest BCUT2D eigenvalue weighted by Crippen LogP contribution is 2.45. The van der Waals surface area contributed by atoms with Gasteiger partial charge in [0.05, 0.1) is 12.7 Å². The van der Waals surface area contributed by atoms with E-state index in [0.717, 1.165) is 0 Å². The van der Waals surface area contributed by atoms with E-state index in [0.29, 0.717) is 0 Å². The first-order valence-corrected chi connectivity index (χ1v) is 21.5. The van der Waals surface area contributed by atoms with Gasteiger partial charge in [0.2, 0.25) is 0 Å². The Kier molecular flexibility index (Phi) is 10.2. The summed E-state index contributed by atoms with van der Waals surface area (Å²) >= 11 is 0. The van der Waals surface area contributed by atoms with Crippen LogP contribution in [0.4, 0.5) is 0 Å². The fourth-order valence-electron chi connectivity index (χ4n) is 3.19. The van der Waals surface area contributed by atoms with Gasteiger partial charge in [0.25, 0.3) is 0 Å². The van der Waals surface area contributed by atoms with Gasteiger partial charge in [-0.1, -0.05) is 62.3 Å². The Balaban J connectivity index is 3.51. The molecule has 0 bridgehead atoms. The van der Waals surface area contributed by atoms with Gasteiger partial charge in [0, 0.05) is 7.11 Å². The normalized spacial score (nSPS) is 26.7. The van der Waals surface area contributed by atoms with Crippen LogP contribution >= 0.6 is 0 Å². The molecule has 0 aromatic rings. The molecule has 1 N–H and O–H groups in total. The topological polar surface area (TPSA) is 66.4 Å². The molecule has 6 nitrogen and oxygen atoms in total. The molecule has 34 heavy (non-hydrogen) atoms. The summed E-state index contributed by atoms with van der Waals surface area (Å²) in [5.41, 5.74) is 0. The van der Waals surface area contributed by atoms with Crippen LogP contribution in [-0.2, 0) is 22.8 Å². The molecule has 1 rings (SSSR count). The third-order valence-corrected chi connectivity index (χ3v) is 22.2. The summed E-state index contributed by atoms with van der Waals surface area (Å²) in [6, 6.07) is 0. The molecule has 1 fully saturated rings. The van der Waals surface area contributed by atoms with Gasteiger partial charge in [-0.15, -0.1) is 0 Å². The lowest BCUT2D eigenvalue weighted by molar-refractivity contribution is -0.163. The average Bonchev–Trinajstić information content (AvgIpc) is 2.93. The number of aliphatic hydroxyl groups excluding tert-OH is 1. The third-order valence-electron chi connectivity index (χ3n) is 8.71. The van der Waals surface area contributed by atoms with E-state index < -0.39 is 43.5 Å². The molecule has 9 heteroatoms. The van der Waals surface area contributed by atoms with Gasteiger partial charge in [-0.25, -0.2) is 0 Å². The fourth-order valence-corrected chi connectivity index (χ4v) is 7.10. The van der Waals surface area contributed by atoms with E-state index in [1.165, 1.54) is 0 Å². The second kappa shape index (κ2) is 10.6. The smallest absolute Gasteiger partial charge is 0.192 e. The second-order valence-corrected chi connectivity index (χ2v) is 28.8. The molecular formula is C25H56O6Si3. The number of hydrogen-bond donors (Lipinski definition) is 1. The Morgan fingerprint density at radius 3 is 1.41 bits per heavy atom. The zero-order valence-corrected chi connectivity index (χ0v) is 28.1. The molecule has 204 valence electrons. The lowest BCUT2D eigenvalue weighted by atomic mass is 10.1. The lowest BCUT2D eigenvalue weighted by Crippen LogP contribution is -2.57. The maximum Gasteiger partial charge on any atom is 0.192 e. The SMILES string of the molecule is CO[C@@H]1O[C@@H]([C@@H](CO)O[Si](C)(C)C(C)(C)C)[C@H](O[Si](C)(C)C(C)(C)C)[C@H]1O[Si](C)(C)C(C)(C)C. The first-order valence-electron chi connectivity index (χ1n) is 12.7. The summed E-state index contributed by atoms with van der Waals surface area (Å²) in [5, 5.41) is 10.5. The van der Waals surface area contributed by atoms with Crippen molar-refractivity contribution in [2.75, 3.05) is 13.7 Å². The van der Waals surface area contributed by atoms with Crippen LogP contribution in [-0.4, -0.2) is 74.5 Å². The molecule has 0 aromatic heterocycles. The third kappa shape index (κ3) is 7.25. The average molecular weight is 537 g/mol. The molecule has 1 heterocycles. The molecule has 0 unspecified atom stereocenters. The molecule has 1 aliphatic rings. The zero-order chi connectivity index (χ0) is 27.1. The minimum absolute atomic E-state index is 0.00646. The number of methoxy groups -OCH3 is 1. The Labute approximate surface area is 213 Å². The highest BCUT2D eigenvalue weighted by Gasteiger charge is 2.56. The molecule has 0 amide bonds. The Morgan fingerprint density at radius 1 is 0.706 bits per heavy atom. The van der Waals surface area contributed by atoms with Gasteiger partial charge in [-0.05, 0) is 54.4 Å². The van der Waals surface area contributed by atoms with Crippen molar-refractivity contribution in [2.45, 2.75) is 147 Å². The van der Waals surface area contributed by atoms with Crippen LogP contribution in [0.2, 0.25) is 54.4 Å². The van der Waals surface area contributed by atoms with Crippen LogP contribution in [0.15, 0.2) is 0 Å². The molecule has 0 spiro atoms. The van der Waals surface area contributed by atoms with Gasteiger partial charge in [0.1, 0.15) is 18.3 Å². The first-order chi connectivity index (χ1) is 14.9. The number of aliphatic hydroxyl groups is 1. The van der Waals surface area contributed by atoms with Crippen molar-refractivity contribution in [3.63, 3.8) is 0 Å².